The minimum atomic E-state index is 0.158. The first-order chi connectivity index (χ1) is 10.5. The van der Waals surface area contributed by atoms with Gasteiger partial charge in [0.25, 0.3) is 0 Å². The van der Waals surface area contributed by atoms with Crippen molar-refractivity contribution in [3.05, 3.63) is 57.6 Å². The Kier molecular flexibility index (Phi) is 6.09. The molecular formula is C18H19BrO2S. The van der Waals surface area contributed by atoms with Crippen LogP contribution in [0.25, 0.3) is 0 Å². The number of thioether (sulfide) groups is 1. The predicted octanol–water partition coefficient (Wildman–Crippen LogP) is 5.67. The molecule has 0 aromatic heterocycles. The summed E-state index contributed by atoms with van der Waals surface area (Å²) in [4.78, 5) is 12.7. The Labute approximate surface area is 144 Å². The molecule has 0 bridgehead atoms. The minimum Gasteiger partial charge on any atom is -0.489 e. The third-order valence-corrected chi connectivity index (χ3v) is 5.15. The SMILES string of the molecule is CCC(=O)Sc1cccc(Br)c1COc1ccc(C)cc1C. The van der Waals surface area contributed by atoms with E-state index in [0.717, 1.165) is 26.2 Å². The van der Waals surface area contributed by atoms with Crippen molar-refractivity contribution >= 4 is 32.8 Å². The van der Waals surface area contributed by atoms with E-state index in [0.29, 0.717) is 13.0 Å². The molecule has 0 saturated heterocycles. The maximum Gasteiger partial charge on any atom is 0.193 e. The van der Waals surface area contributed by atoms with Crippen molar-refractivity contribution in [1.29, 1.82) is 0 Å². The smallest absolute Gasteiger partial charge is 0.193 e. The summed E-state index contributed by atoms with van der Waals surface area (Å²) in [5.74, 6) is 0.874. The van der Waals surface area contributed by atoms with Crippen molar-refractivity contribution in [1.82, 2.24) is 0 Å². The van der Waals surface area contributed by atoms with Crippen molar-refractivity contribution in [2.75, 3.05) is 0 Å². The molecule has 0 heterocycles. The van der Waals surface area contributed by atoms with Crippen LogP contribution in [0.1, 0.15) is 30.0 Å². The number of carbonyl (C=O) groups is 1. The molecule has 0 amide bonds. The highest BCUT2D eigenvalue weighted by atomic mass is 79.9. The lowest BCUT2D eigenvalue weighted by Gasteiger charge is -2.14. The van der Waals surface area contributed by atoms with Gasteiger partial charge in [-0.05, 0) is 37.6 Å². The average Bonchev–Trinajstić information content (AvgIpc) is 2.48. The second-order valence-corrected chi connectivity index (χ2v) is 7.06. The zero-order valence-electron chi connectivity index (χ0n) is 13.0. The Hall–Kier alpha value is -1.26. The fourth-order valence-electron chi connectivity index (χ4n) is 2.08. The highest BCUT2D eigenvalue weighted by molar-refractivity contribution is 9.10. The van der Waals surface area contributed by atoms with Gasteiger partial charge < -0.3 is 4.74 Å². The third-order valence-electron chi connectivity index (χ3n) is 3.29. The quantitative estimate of drug-likeness (QED) is 0.626. The van der Waals surface area contributed by atoms with Crippen LogP contribution in [0.2, 0.25) is 0 Å². The van der Waals surface area contributed by atoms with E-state index in [1.54, 1.807) is 0 Å². The summed E-state index contributed by atoms with van der Waals surface area (Å²) in [5, 5.41) is 0.158. The average molecular weight is 379 g/mol. The van der Waals surface area contributed by atoms with Crippen LogP contribution in [0.15, 0.2) is 45.8 Å². The van der Waals surface area contributed by atoms with Crippen LogP contribution < -0.4 is 4.74 Å². The molecule has 2 aromatic carbocycles. The number of benzene rings is 2. The van der Waals surface area contributed by atoms with Gasteiger partial charge in [-0.15, -0.1) is 0 Å². The van der Waals surface area contributed by atoms with Crippen molar-refractivity contribution in [3.63, 3.8) is 0 Å². The van der Waals surface area contributed by atoms with Gasteiger partial charge in [0, 0.05) is 21.4 Å². The van der Waals surface area contributed by atoms with Crippen molar-refractivity contribution in [2.24, 2.45) is 0 Å². The molecule has 0 N–H and O–H groups in total. The van der Waals surface area contributed by atoms with E-state index in [-0.39, 0.29) is 5.12 Å². The molecule has 0 spiro atoms. The predicted molar refractivity (Wildman–Crippen MR) is 95.5 cm³/mol. The minimum absolute atomic E-state index is 0.158. The fraction of sp³-hybridized carbons (Fsp3) is 0.278. The lowest BCUT2D eigenvalue weighted by molar-refractivity contribution is -0.110. The Bertz CT molecular complexity index is 683. The summed E-state index contributed by atoms with van der Waals surface area (Å²) >= 11 is 4.84. The molecule has 0 aliphatic rings. The number of rotatable bonds is 5. The third kappa shape index (κ3) is 4.37. The maximum atomic E-state index is 11.7. The normalized spacial score (nSPS) is 10.5. The number of ether oxygens (including phenoxy) is 1. The van der Waals surface area contributed by atoms with Crippen LogP contribution in [0.5, 0.6) is 5.75 Å². The van der Waals surface area contributed by atoms with Gasteiger partial charge in [-0.1, -0.05) is 58.4 Å². The first kappa shape index (κ1) is 17.1. The van der Waals surface area contributed by atoms with Crippen molar-refractivity contribution in [3.8, 4) is 5.75 Å². The molecule has 22 heavy (non-hydrogen) atoms. The summed E-state index contributed by atoms with van der Waals surface area (Å²) in [6.45, 7) is 6.41. The standard InChI is InChI=1S/C18H19BrO2S/c1-4-18(20)22-17-7-5-6-15(19)14(17)11-21-16-9-8-12(2)10-13(16)3/h5-10H,4,11H2,1-3H3. The Morgan fingerprint density at radius 2 is 2.00 bits per heavy atom. The van der Waals surface area contributed by atoms with E-state index >= 15 is 0 Å². The maximum absolute atomic E-state index is 11.7. The van der Waals surface area contributed by atoms with Gasteiger partial charge >= 0.3 is 0 Å². The van der Waals surface area contributed by atoms with Gasteiger partial charge in [0.15, 0.2) is 5.12 Å². The molecule has 116 valence electrons. The van der Waals surface area contributed by atoms with Crippen molar-refractivity contribution < 1.29 is 9.53 Å². The van der Waals surface area contributed by atoms with Gasteiger partial charge in [-0.25, -0.2) is 0 Å². The van der Waals surface area contributed by atoms with Crippen LogP contribution in [-0.2, 0) is 11.4 Å². The molecule has 0 fully saturated rings. The molecule has 0 atom stereocenters. The molecule has 4 heteroatoms. The second kappa shape index (κ2) is 7.84. The molecule has 0 radical (unpaired) electrons. The number of aryl methyl sites for hydroxylation is 2. The Balaban J connectivity index is 2.19. The fourth-order valence-corrected chi connectivity index (χ4v) is 3.52. The van der Waals surface area contributed by atoms with Gasteiger partial charge in [0.2, 0.25) is 0 Å². The summed E-state index contributed by atoms with van der Waals surface area (Å²) in [5.41, 5.74) is 3.34. The number of carbonyl (C=O) groups excluding carboxylic acids is 1. The van der Waals surface area contributed by atoms with Crippen LogP contribution in [0, 0.1) is 13.8 Å². The Morgan fingerprint density at radius 3 is 2.68 bits per heavy atom. The summed E-state index contributed by atoms with van der Waals surface area (Å²) in [7, 11) is 0. The molecule has 0 aliphatic carbocycles. The van der Waals surface area contributed by atoms with Gasteiger partial charge in [-0.2, -0.15) is 0 Å². The van der Waals surface area contributed by atoms with Gasteiger partial charge in [0.1, 0.15) is 12.4 Å². The first-order valence-corrected chi connectivity index (χ1v) is 8.80. The van der Waals surface area contributed by atoms with Gasteiger partial charge in [-0.3, -0.25) is 4.79 Å². The largest absolute Gasteiger partial charge is 0.489 e. The van der Waals surface area contributed by atoms with E-state index in [1.807, 2.05) is 44.2 Å². The molecule has 0 aliphatic heterocycles. The lowest BCUT2D eigenvalue weighted by Crippen LogP contribution is -2.01. The van der Waals surface area contributed by atoms with E-state index in [4.69, 9.17) is 4.74 Å². The van der Waals surface area contributed by atoms with Crippen LogP contribution in [0.4, 0.5) is 0 Å². The van der Waals surface area contributed by atoms with Crippen LogP contribution >= 0.6 is 27.7 Å². The molecule has 2 rings (SSSR count). The van der Waals surface area contributed by atoms with Crippen LogP contribution in [0.3, 0.4) is 0 Å². The molecule has 2 aromatic rings. The summed E-state index contributed by atoms with van der Waals surface area (Å²) in [6.07, 6.45) is 0.522. The molecule has 0 unspecified atom stereocenters. The highest BCUT2D eigenvalue weighted by Gasteiger charge is 2.12. The highest BCUT2D eigenvalue weighted by Crippen LogP contribution is 2.31. The van der Waals surface area contributed by atoms with Gasteiger partial charge in [0.05, 0.1) is 0 Å². The summed E-state index contributed by atoms with van der Waals surface area (Å²) < 4.78 is 6.92. The topological polar surface area (TPSA) is 26.3 Å². The summed E-state index contributed by atoms with van der Waals surface area (Å²) in [6, 6.07) is 12.0. The van der Waals surface area contributed by atoms with E-state index < -0.39 is 0 Å². The van der Waals surface area contributed by atoms with Crippen molar-refractivity contribution in [2.45, 2.75) is 38.7 Å². The zero-order valence-corrected chi connectivity index (χ0v) is 15.4. The monoisotopic (exact) mass is 378 g/mol. The zero-order chi connectivity index (χ0) is 16.1. The second-order valence-electron chi connectivity index (χ2n) is 5.10. The number of hydrogen-bond donors (Lipinski definition) is 0. The van der Waals surface area contributed by atoms with Crippen LogP contribution in [-0.4, -0.2) is 5.12 Å². The first-order valence-electron chi connectivity index (χ1n) is 7.19. The molecular weight excluding hydrogens is 360 g/mol. The van der Waals surface area contributed by atoms with E-state index in [1.165, 1.54) is 17.3 Å². The van der Waals surface area contributed by atoms with E-state index in [2.05, 4.69) is 28.9 Å². The number of halogens is 1. The van der Waals surface area contributed by atoms with E-state index in [9.17, 15) is 4.79 Å². The molecule has 2 nitrogen and oxygen atoms in total. The Morgan fingerprint density at radius 1 is 1.23 bits per heavy atom. The number of hydrogen-bond acceptors (Lipinski definition) is 3. The molecule has 0 saturated carbocycles. The lowest BCUT2D eigenvalue weighted by atomic mass is 10.1.